The zero-order chi connectivity index (χ0) is 16.4. The zero-order valence-corrected chi connectivity index (χ0v) is 11.6. The summed E-state index contributed by atoms with van der Waals surface area (Å²) in [5.74, 6) is 0.00530. The van der Waals surface area contributed by atoms with E-state index in [0.717, 1.165) is 0 Å². The highest BCUT2D eigenvalue weighted by molar-refractivity contribution is 5.82. The van der Waals surface area contributed by atoms with Crippen LogP contribution < -0.4 is 0 Å². The number of benzene rings is 1. The summed E-state index contributed by atoms with van der Waals surface area (Å²) >= 11 is 0. The van der Waals surface area contributed by atoms with E-state index in [1.165, 1.54) is 24.3 Å². The van der Waals surface area contributed by atoms with E-state index >= 15 is 0 Å². The maximum Gasteiger partial charge on any atom is 0.433 e. The number of aromatic nitrogens is 1. The minimum atomic E-state index is -0.613. The third-order valence-corrected chi connectivity index (χ3v) is 3.12. The van der Waals surface area contributed by atoms with Crippen LogP contribution in [0, 0.1) is 20.2 Å². The van der Waals surface area contributed by atoms with E-state index in [4.69, 9.17) is 4.42 Å². The second-order valence-corrected chi connectivity index (χ2v) is 4.64. The minimum absolute atomic E-state index is 0.00508. The van der Waals surface area contributed by atoms with Crippen molar-refractivity contribution in [1.82, 2.24) is 4.98 Å². The first kappa shape index (κ1) is 14.4. The number of nitro benzene ring substituents is 1. The van der Waals surface area contributed by atoms with Crippen LogP contribution in [0.2, 0.25) is 0 Å². The largest absolute Gasteiger partial charge is 0.433 e. The molecule has 0 saturated carbocycles. The number of fused-ring (bicyclic) bond motifs is 1. The highest BCUT2D eigenvalue weighted by Gasteiger charge is 2.10. The summed E-state index contributed by atoms with van der Waals surface area (Å²) in [6, 6.07) is 10.6. The first-order valence-electron chi connectivity index (χ1n) is 6.50. The van der Waals surface area contributed by atoms with Crippen LogP contribution in [0.25, 0.3) is 23.1 Å². The van der Waals surface area contributed by atoms with Crippen LogP contribution in [0.15, 0.2) is 46.9 Å². The Labute approximate surface area is 129 Å². The number of nitrogens with zero attached hydrogens (tertiary/aromatic N) is 3. The van der Waals surface area contributed by atoms with Crippen LogP contribution >= 0.6 is 0 Å². The van der Waals surface area contributed by atoms with Crippen molar-refractivity contribution in [2.75, 3.05) is 0 Å². The molecule has 0 aliphatic carbocycles. The van der Waals surface area contributed by atoms with Crippen LogP contribution in [-0.2, 0) is 0 Å². The van der Waals surface area contributed by atoms with Gasteiger partial charge in [-0.1, -0.05) is 6.07 Å². The summed E-state index contributed by atoms with van der Waals surface area (Å²) in [6.45, 7) is 0. The fourth-order valence-electron chi connectivity index (χ4n) is 2.03. The molecule has 0 spiro atoms. The van der Waals surface area contributed by atoms with Gasteiger partial charge in [0.15, 0.2) is 0 Å². The van der Waals surface area contributed by atoms with E-state index in [1.54, 1.807) is 30.4 Å². The molecule has 0 saturated heterocycles. The SMILES string of the molecule is O=[N+]([O-])c1ccc2nc(C=Cc3ccc([N+](=O)[O-])o3)ccc2c1. The third kappa shape index (κ3) is 3.05. The Kier molecular flexibility index (Phi) is 3.55. The van der Waals surface area contributed by atoms with Gasteiger partial charge in [0.25, 0.3) is 5.69 Å². The normalized spacial score (nSPS) is 11.1. The summed E-state index contributed by atoms with van der Waals surface area (Å²) in [6.07, 6.45) is 3.20. The molecule has 2 heterocycles. The van der Waals surface area contributed by atoms with Crippen molar-refractivity contribution >= 4 is 34.6 Å². The van der Waals surface area contributed by atoms with E-state index in [0.29, 0.717) is 22.4 Å². The second-order valence-electron chi connectivity index (χ2n) is 4.64. The van der Waals surface area contributed by atoms with Gasteiger partial charge in [-0.25, -0.2) is 4.98 Å². The van der Waals surface area contributed by atoms with Gasteiger partial charge in [0.2, 0.25) is 0 Å². The molecule has 23 heavy (non-hydrogen) atoms. The Morgan fingerprint density at radius 1 is 0.957 bits per heavy atom. The number of nitro groups is 2. The molecule has 0 amide bonds. The molecule has 0 fully saturated rings. The van der Waals surface area contributed by atoms with Crippen molar-refractivity contribution in [2.45, 2.75) is 0 Å². The number of non-ortho nitro benzene ring substituents is 1. The van der Waals surface area contributed by atoms with Crippen molar-refractivity contribution in [3.8, 4) is 0 Å². The van der Waals surface area contributed by atoms with Crippen molar-refractivity contribution in [3.63, 3.8) is 0 Å². The molecule has 0 bridgehead atoms. The summed E-state index contributed by atoms with van der Waals surface area (Å²) in [5, 5.41) is 21.9. The van der Waals surface area contributed by atoms with Crippen LogP contribution in [-0.4, -0.2) is 14.8 Å². The Hall–Kier alpha value is -3.55. The van der Waals surface area contributed by atoms with Crippen molar-refractivity contribution < 1.29 is 14.3 Å². The van der Waals surface area contributed by atoms with Gasteiger partial charge in [-0.2, -0.15) is 0 Å². The molecule has 114 valence electrons. The molecular formula is C15H9N3O5. The van der Waals surface area contributed by atoms with Gasteiger partial charge in [-0.3, -0.25) is 20.2 Å². The molecule has 0 N–H and O–H groups in total. The number of hydrogen-bond acceptors (Lipinski definition) is 6. The summed E-state index contributed by atoms with van der Waals surface area (Å²) < 4.78 is 5.01. The molecule has 0 atom stereocenters. The van der Waals surface area contributed by atoms with E-state index in [9.17, 15) is 20.2 Å². The van der Waals surface area contributed by atoms with Crippen LogP contribution in [0.1, 0.15) is 11.5 Å². The average Bonchev–Trinajstić information content (AvgIpc) is 3.01. The monoisotopic (exact) mass is 311 g/mol. The van der Waals surface area contributed by atoms with E-state index in [1.807, 2.05) is 0 Å². The Balaban J connectivity index is 1.87. The zero-order valence-electron chi connectivity index (χ0n) is 11.6. The van der Waals surface area contributed by atoms with E-state index in [2.05, 4.69) is 4.98 Å². The first-order chi connectivity index (χ1) is 11.0. The van der Waals surface area contributed by atoms with Crippen molar-refractivity contribution in [2.24, 2.45) is 0 Å². The number of rotatable bonds is 4. The smallest absolute Gasteiger partial charge is 0.401 e. The third-order valence-electron chi connectivity index (χ3n) is 3.12. The predicted octanol–water partition coefficient (Wildman–Crippen LogP) is 3.81. The van der Waals surface area contributed by atoms with Gasteiger partial charge in [-0.15, -0.1) is 0 Å². The summed E-state index contributed by atoms with van der Waals surface area (Å²) in [5.41, 5.74) is 1.22. The fourth-order valence-corrected chi connectivity index (χ4v) is 2.03. The minimum Gasteiger partial charge on any atom is -0.401 e. The van der Waals surface area contributed by atoms with E-state index in [-0.39, 0.29) is 11.6 Å². The van der Waals surface area contributed by atoms with Gasteiger partial charge >= 0.3 is 5.88 Å². The van der Waals surface area contributed by atoms with E-state index < -0.39 is 9.85 Å². The lowest BCUT2D eigenvalue weighted by atomic mass is 10.2. The van der Waals surface area contributed by atoms with Gasteiger partial charge in [0.1, 0.15) is 10.7 Å². The Morgan fingerprint density at radius 2 is 1.78 bits per heavy atom. The molecule has 0 unspecified atom stereocenters. The standard InChI is InChI=1S/C15H9N3O5/c19-17(20)12-4-7-14-10(9-12)1-2-11(16-14)3-5-13-6-8-15(23-13)18(21)22/h1-9H. The Morgan fingerprint density at radius 3 is 2.48 bits per heavy atom. The number of pyridine rings is 1. The molecule has 8 heteroatoms. The maximum absolute atomic E-state index is 10.7. The summed E-state index contributed by atoms with van der Waals surface area (Å²) in [7, 11) is 0. The molecule has 0 aliphatic rings. The quantitative estimate of drug-likeness (QED) is 0.534. The first-order valence-corrected chi connectivity index (χ1v) is 6.50. The van der Waals surface area contributed by atoms with Crippen LogP contribution in [0.3, 0.4) is 0 Å². The van der Waals surface area contributed by atoms with Gasteiger partial charge in [-0.05, 0) is 30.4 Å². The lowest BCUT2D eigenvalue weighted by molar-refractivity contribution is -0.402. The van der Waals surface area contributed by atoms with Gasteiger partial charge in [0.05, 0.1) is 22.2 Å². The molecule has 2 aromatic heterocycles. The maximum atomic E-state index is 10.7. The fraction of sp³-hybridized carbons (Fsp3) is 0. The molecule has 0 radical (unpaired) electrons. The van der Waals surface area contributed by atoms with Crippen LogP contribution in [0.4, 0.5) is 11.6 Å². The topological polar surface area (TPSA) is 112 Å². The van der Waals surface area contributed by atoms with Gasteiger partial charge in [0, 0.05) is 17.5 Å². The van der Waals surface area contributed by atoms with Gasteiger partial charge < -0.3 is 4.42 Å². The second kappa shape index (κ2) is 5.68. The number of furan rings is 1. The van der Waals surface area contributed by atoms with Crippen LogP contribution in [0.5, 0.6) is 0 Å². The predicted molar refractivity (Wildman–Crippen MR) is 82.7 cm³/mol. The molecule has 0 aliphatic heterocycles. The average molecular weight is 311 g/mol. The number of hydrogen-bond donors (Lipinski definition) is 0. The Bertz CT molecular complexity index is 945. The molecule has 8 nitrogen and oxygen atoms in total. The highest BCUT2D eigenvalue weighted by atomic mass is 16.6. The molecule has 1 aromatic carbocycles. The van der Waals surface area contributed by atoms with Crippen molar-refractivity contribution in [3.05, 3.63) is 74.1 Å². The molecule has 3 aromatic rings. The summed E-state index contributed by atoms with van der Waals surface area (Å²) in [4.78, 5) is 24.5. The highest BCUT2D eigenvalue weighted by Crippen LogP contribution is 2.21. The molecular weight excluding hydrogens is 302 g/mol. The lowest BCUT2D eigenvalue weighted by Crippen LogP contribution is -1.89. The van der Waals surface area contributed by atoms with Crippen molar-refractivity contribution in [1.29, 1.82) is 0 Å². The molecule has 3 rings (SSSR count). The lowest BCUT2D eigenvalue weighted by Gasteiger charge is -1.99.